The maximum Gasteiger partial charge on any atom is 0.254 e. The van der Waals surface area contributed by atoms with Crippen molar-refractivity contribution in [3.05, 3.63) is 42.1 Å². The number of ether oxygens (including phenoxy) is 1. The molecule has 146 valence electrons. The van der Waals surface area contributed by atoms with Crippen LogP contribution in [0.5, 0.6) is 5.75 Å². The predicted molar refractivity (Wildman–Crippen MR) is 109 cm³/mol. The number of fused-ring (bicyclic) bond motifs is 1. The number of hydrogen-bond acceptors (Lipinski definition) is 4. The minimum absolute atomic E-state index is 0.0436. The number of hydrogen-bond donors (Lipinski definition) is 0. The molecule has 0 saturated heterocycles. The molecule has 1 aliphatic carbocycles. The molecule has 28 heavy (non-hydrogen) atoms. The number of carbonyl (C=O) groups excluding carboxylic acids is 1. The van der Waals surface area contributed by atoms with Gasteiger partial charge < -0.3 is 9.64 Å². The Morgan fingerprint density at radius 2 is 1.89 bits per heavy atom. The number of rotatable bonds is 4. The van der Waals surface area contributed by atoms with Crippen LogP contribution in [0.15, 0.2) is 36.5 Å². The van der Waals surface area contributed by atoms with Crippen molar-refractivity contribution in [2.24, 2.45) is 7.05 Å². The summed E-state index contributed by atoms with van der Waals surface area (Å²) < 4.78 is 6.97. The molecule has 1 saturated carbocycles. The molecule has 0 aliphatic heterocycles. The molecule has 2 heterocycles. The molecule has 6 heteroatoms. The summed E-state index contributed by atoms with van der Waals surface area (Å²) in [6, 6.07) is 9.93. The molecule has 4 rings (SSSR count). The lowest BCUT2D eigenvalue weighted by Crippen LogP contribution is -2.38. The zero-order valence-corrected chi connectivity index (χ0v) is 16.7. The number of aromatic nitrogens is 3. The van der Waals surface area contributed by atoms with Crippen LogP contribution in [0.2, 0.25) is 0 Å². The normalized spacial score (nSPS) is 15.0. The Labute approximate surface area is 165 Å². The molecular formula is C22H26N4O2. The van der Waals surface area contributed by atoms with E-state index >= 15 is 0 Å². The van der Waals surface area contributed by atoms with Gasteiger partial charge in [-0.15, -0.1) is 0 Å². The average Bonchev–Trinajstić information content (AvgIpc) is 3.13. The van der Waals surface area contributed by atoms with Gasteiger partial charge in [0.25, 0.3) is 5.91 Å². The summed E-state index contributed by atoms with van der Waals surface area (Å²) >= 11 is 0. The van der Waals surface area contributed by atoms with E-state index in [1.165, 1.54) is 19.3 Å². The first-order valence-corrected chi connectivity index (χ1v) is 9.83. The lowest BCUT2D eigenvalue weighted by Gasteiger charge is -2.31. The van der Waals surface area contributed by atoms with Crippen LogP contribution in [0.3, 0.4) is 0 Å². The Kier molecular flexibility index (Phi) is 5.03. The molecule has 3 aromatic rings. The van der Waals surface area contributed by atoms with Crippen molar-refractivity contribution in [1.29, 1.82) is 0 Å². The summed E-state index contributed by atoms with van der Waals surface area (Å²) in [5.41, 5.74) is 3.09. The average molecular weight is 378 g/mol. The lowest BCUT2D eigenvalue weighted by molar-refractivity contribution is 0.0698. The van der Waals surface area contributed by atoms with Crippen LogP contribution in [0, 0.1) is 0 Å². The van der Waals surface area contributed by atoms with Crippen molar-refractivity contribution < 1.29 is 9.53 Å². The van der Waals surface area contributed by atoms with Crippen LogP contribution in [0.25, 0.3) is 22.3 Å². The third kappa shape index (κ3) is 3.35. The molecule has 0 unspecified atom stereocenters. The van der Waals surface area contributed by atoms with E-state index in [1.54, 1.807) is 18.0 Å². The maximum atomic E-state index is 13.4. The molecule has 0 N–H and O–H groups in total. The molecule has 0 radical (unpaired) electrons. The van der Waals surface area contributed by atoms with Gasteiger partial charge in [0.2, 0.25) is 0 Å². The van der Waals surface area contributed by atoms with Crippen LogP contribution in [0.4, 0.5) is 0 Å². The van der Waals surface area contributed by atoms with Gasteiger partial charge in [-0.3, -0.25) is 9.48 Å². The third-order valence-corrected chi connectivity index (χ3v) is 5.76. The second-order valence-corrected chi connectivity index (χ2v) is 7.50. The van der Waals surface area contributed by atoms with Crippen LogP contribution in [-0.4, -0.2) is 45.8 Å². The summed E-state index contributed by atoms with van der Waals surface area (Å²) in [6.45, 7) is 0. The minimum Gasteiger partial charge on any atom is -0.497 e. The van der Waals surface area contributed by atoms with Gasteiger partial charge in [-0.25, -0.2) is 4.98 Å². The van der Waals surface area contributed by atoms with E-state index in [9.17, 15) is 4.79 Å². The first-order valence-electron chi connectivity index (χ1n) is 9.83. The lowest BCUT2D eigenvalue weighted by atomic mass is 9.94. The van der Waals surface area contributed by atoms with Crippen LogP contribution >= 0.6 is 0 Å². The first kappa shape index (κ1) is 18.5. The van der Waals surface area contributed by atoms with Gasteiger partial charge in [-0.1, -0.05) is 19.3 Å². The standard InChI is InChI=1S/C22H26N4O2/c1-25(16-7-5-4-6-8-16)22(27)18-13-20(15-9-11-17(28-3)12-10-15)24-21-19(18)14-23-26(21)2/h9-14,16H,4-8H2,1-3H3. The highest BCUT2D eigenvalue weighted by atomic mass is 16.5. The summed E-state index contributed by atoms with van der Waals surface area (Å²) in [5, 5.41) is 5.13. The smallest absolute Gasteiger partial charge is 0.254 e. The fraction of sp³-hybridized carbons (Fsp3) is 0.409. The molecule has 1 aromatic carbocycles. The first-order chi connectivity index (χ1) is 13.6. The molecule has 0 bridgehead atoms. The number of benzene rings is 1. The van der Waals surface area contributed by atoms with Crippen molar-refractivity contribution >= 4 is 16.9 Å². The van der Waals surface area contributed by atoms with E-state index in [-0.39, 0.29) is 5.91 Å². The van der Waals surface area contributed by atoms with Gasteiger partial charge in [0, 0.05) is 25.7 Å². The Balaban J connectivity index is 1.77. The molecule has 1 fully saturated rings. The van der Waals surface area contributed by atoms with E-state index < -0.39 is 0 Å². The van der Waals surface area contributed by atoms with Gasteiger partial charge in [-0.05, 0) is 43.2 Å². The van der Waals surface area contributed by atoms with E-state index in [0.29, 0.717) is 17.3 Å². The number of nitrogens with zero attached hydrogens (tertiary/aromatic N) is 4. The molecule has 0 atom stereocenters. The quantitative estimate of drug-likeness (QED) is 0.687. The molecular weight excluding hydrogens is 352 g/mol. The van der Waals surface area contributed by atoms with Crippen molar-refractivity contribution in [1.82, 2.24) is 19.7 Å². The molecule has 0 spiro atoms. The zero-order valence-electron chi connectivity index (χ0n) is 16.7. The summed E-state index contributed by atoms with van der Waals surface area (Å²) in [6.07, 6.45) is 7.55. The van der Waals surface area contributed by atoms with Gasteiger partial charge in [-0.2, -0.15) is 5.10 Å². The van der Waals surface area contributed by atoms with Gasteiger partial charge in [0.1, 0.15) is 5.75 Å². The number of pyridine rings is 1. The van der Waals surface area contributed by atoms with E-state index in [0.717, 1.165) is 35.2 Å². The zero-order chi connectivity index (χ0) is 19.7. The molecule has 1 amide bonds. The van der Waals surface area contributed by atoms with E-state index in [4.69, 9.17) is 9.72 Å². The van der Waals surface area contributed by atoms with Gasteiger partial charge >= 0.3 is 0 Å². The summed E-state index contributed by atoms with van der Waals surface area (Å²) in [4.78, 5) is 20.1. The van der Waals surface area contributed by atoms with Gasteiger partial charge in [0.15, 0.2) is 5.65 Å². The number of aryl methyl sites for hydroxylation is 1. The second-order valence-electron chi connectivity index (χ2n) is 7.50. The van der Waals surface area contributed by atoms with Crippen molar-refractivity contribution in [3.8, 4) is 17.0 Å². The monoisotopic (exact) mass is 378 g/mol. The van der Waals surface area contributed by atoms with E-state index in [2.05, 4.69) is 5.10 Å². The Hall–Kier alpha value is -2.89. The Bertz CT molecular complexity index is 988. The largest absolute Gasteiger partial charge is 0.497 e. The van der Waals surface area contributed by atoms with Gasteiger partial charge in [0.05, 0.1) is 30.0 Å². The molecule has 1 aliphatic rings. The Morgan fingerprint density at radius 1 is 1.18 bits per heavy atom. The highest BCUT2D eigenvalue weighted by Gasteiger charge is 2.25. The fourth-order valence-electron chi connectivity index (χ4n) is 4.03. The minimum atomic E-state index is 0.0436. The SMILES string of the molecule is COc1ccc(-c2cc(C(=O)N(C)C3CCCCC3)c3cnn(C)c3n2)cc1. The predicted octanol–water partition coefficient (Wildman–Crippen LogP) is 4.05. The third-order valence-electron chi connectivity index (χ3n) is 5.76. The van der Waals surface area contributed by atoms with Crippen molar-refractivity contribution in [2.45, 2.75) is 38.1 Å². The van der Waals surface area contributed by atoms with Crippen LogP contribution in [-0.2, 0) is 7.05 Å². The van der Waals surface area contributed by atoms with Crippen LogP contribution < -0.4 is 4.74 Å². The number of methoxy groups -OCH3 is 1. The summed E-state index contributed by atoms with van der Waals surface area (Å²) in [5.74, 6) is 0.834. The van der Waals surface area contributed by atoms with E-state index in [1.807, 2.05) is 49.3 Å². The summed E-state index contributed by atoms with van der Waals surface area (Å²) in [7, 11) is 5.42. The highest BCUT2D eigenvalue weighted by Crippen LogP contribution is 2.29. The maximum absolute atomic E-state index is 13.4. The van der Waals surface area contributed by atoms with Crippen LogP contribution in [0.1, 0.15) is 42.5 Å². The van der Waals surface area contributed by atoms with Crippen molar-refractivity contribution in [3.63, 3.8) is 0 Å². The Morgan fingerprint density at radius 3 is 2.57 bits per heavy atom. The fourth-order valence-corrected chi connectivity index (χ4v) is 4.03. The molecule has 2 aromatic heterocycles. The highest BCUT2D eigenvalue weighted by molar-refractivity contribution is 6.06. The number of carbonyl (C=O) groups is 1. The van der Waals surface area contributed by atoms with Crippen molar-refractivity contribution in [2.75, 3.05) is 14.2 Å². The topological polar surface area (TPSA) is 60.2 Å². The second kappa shape index (κ2) is 7.62. The molecule has 6 nitrogen and oxygen atoms in total. The number of amides is 1.